The van der Waals surface area contributed by atoms with Gasteiger partial charge in [-0.15, -0.1) is 4.52 Å². The molecule has 0 saturated heterocycles. The Balaban J connectivity index is 0.00000320. The summed E-state index contributed by atoms with van der Waals surface area (Å²) < 4.78 is 23.7. The van der Waals surface area contributed by atoms with Gasteiger partial charge in [-0.2, -0.15) is 0 Å². The fourth-order valence-electron chi connectivity index (χ4n) is 5.38. The smallest absolute Gasteiger partial charge is 0.566 e. The number of ether oxygens (including phenoxy) is 1. The van der Waals surface area contributed by atoms with Crippen LogP contribution in [-0.4, -0.2) is 23.6 Å². The molecule has 0 spiro atoms. The molecule has 2 atom stereocenters. The Morgan fingerprint density at radius 3 is 2.51 bits per heavy atom. The molecular weight excluding hydrogens is 518 g/mol. The maximum Gasteiger partial charge on any atom is 1.00 e. The zero-order chi connectivity index (χ0) is 26.2. The molecule has 2 aromatic heterocycles. The molecule has 2 aliphatic heterocycles. The van der Waals surface area contributed by atoms with Crippen LogP contribution in [0.3, 0.4) is 0 Å². The number of nitrogens with zero attached hydrogens (tertiary/aromatic N) is 2. The van der Waals surface area contributed by atoms with E-state index in [1.807, 2.05) is 18.2 Å². The number of rotatable bonds is 4. The Morgan fingerprint density at radius 1 is 1.22 bits per heavy atom. The van der Waals surface area contributed by atoms with Crippen molar-refractivity contribution in [2.24, 2.45) is 0 Å². The number of para-hydroxylation sites is 1. The second kappa shape index (κ2) is 9.49. The number of benzene rings is 1. The van der Waals surface area contributed by atoms with Gasteiger partial charge in [0.25, 0.3) is 5.56 Å². The summed E-state index contributed by atoms with van der Waals surface area (Å²) >= 11 is 0. The predicted octanol–water partition coefficient (Wildman–Crippen LogP) is 0.841. The first kappa shape index (κ1) is 28.3. The SMILES string of the molecule is CC[C@@]1(O[P+](=O)[O-])C(=O)OCc2c1cc1n(c2=O)Cc2c-1nc1ccccc1c2[Si](C)(C)C(C)(C)C.[Na+]. The molecule has 5 rings (SSSR count). The van der Waals surface area contributed by atoms with E-state index in [-0.39, 0.29) is 64.3 Å². The van der Waals surface area contributed by atoms with E-state index >= 15 is 0 Å². The summed E-state index contributed by atoms with van der Waals surface area (Å²) in [6.45, 7) is 13.2. The van der Waals surface area contributed by atoms with Crippen LogP contribution in [0, 0.1) is 0 Å². The fraction of sp³-hybridized carbons (Fsp3) is 0.423. The molecule has 2 aliphatic rings. The quantitative estimate of drug-likeness (QED) is 0.212. The van der Waals surface area contributed by atoms with Gasteiger partial charge in [0.2, 0.25) is 5.60 Å². The normalized spacial score (nSPS) is 19.0. The number of carbonyl (C=O) groups excluding carboxylic acids is 1. The number of esters is 1. The summed E-state index contributed by atoms with van der Waals surface area (Å²) in [7, 11) is -5.47. The summed E-state index contributed by atoms with van der Waals surface area (Å²) in [4.78, 5) is 43.2. The minimum atomic E-state index is -3.37. The van der Waals surface area contributed by atoms with E-state index in [9.17, 15) is 19.0 Å². The van der Waals surface area contributed by atoms with Gasteiger partial charge in [0.15, 0.2) is 0 Å². The summed E-state index contributed by atoms with van der Waals surface area (Å²) in [6.07, 6.45) is -0.00172. The average molecular weight is 548 g/mol. The summed E-state index contributed by atoms with van der Waals surface area (Å²) in [5, 5.41) is 2.40. The van der Waals surface area contributed by atoms with Crippen molar-refractivity contribution in [1.82, 2.24) is 9.55 Å². The Labute approximate surface area is 239 Å². The number of hydrogen-bond acceptors (Lipinski definition) is 7. The summed E-state index contributed by atoms with van der Waals surface area (Å²) in [6, 6.07) is 9.75. The maximum atomic E-state index is 13.8. The molecule has 0 fully saturated rings. The zero-order valence-electron chi connectivity index (χ0n) is 22.3. The van der Waals surface area contributed by atoms with Crippen LogP contribution in [0.1, 0.15) is 50.8 Å². The number of hydrogen-bond donors (Lipinski definition) is 0. The third-order valence-electron chi connectivity index (χ3n) is 8.29. The molecule has 0 amide bonds. The molecule has 4 heterocycles. The van der Waals surface area contributed by atoms with Crippen LogP contribution < -0.4 is 45.2 Å². The van der Waals surface area contributed by atoms with Crippen molar-refractivity contribution in [2.75, 3.05) is 0 Å². The van der Waals surface area contributed by atoms with E-state index in [4.69, 9.17) is 14.2 Å². The van der Waals surface area contributed by atoms with Crippen LogP contribution in [-0.2, 0) is 37.4 Å². The van der Waals surface area contributed by atoms with Gasteiger partial charge < -0.3 is 14.2 Å². The largest absolute Gasteiger partial charge is 1.00 e. The molecule has 11 heteroatoms. The number of cyclic esters (lactones) is 1. The van der Waals surface area contributed by atoms with Gasteiger partial charge in [0, 0.05) is 5.56 Å². The Kier molecular flexibility index (Phi) is 7.25. The van der Waals surface area contributed by atoms with Crippen LogP contribution in [0.4, 0.5) is 0 Å². The van der Waals surface area contributed by atoms with Crippen molar-refractivity contribution in [3.05, 3.63) is 57.4 Å². The number of aromatic nitrogens is 2. The molecule has 0 radical (unpaired) electrons. The third kappa shape index (κ3) is 4.11. The second-order valence-electron chi connectivity index (χ2n) is 11.1. The van der Waals surface area contributed by atoms with Gasteiger partial charge in [0.05, 0.1) is 37.1 Å². The fourth-order valence-corrected chi connectivity index (χ4v) is 8.53. The van der Waals surface area contributed by atoms with Crippen LogP contribution in [0.15, 0.2) is 35.1 Å². The van der Waals surface area contributed by atoms with Crippen molar-refractivity contribution in [3.63, 3.8) is 0 Å². The molecule has 0 bridgehead atoms. The van der Waals surface area contributed by atoms with Crippen LogP contribution in [0.25, 0.3) is 22.3 Å². The van der Waals surface area contributed by atoms with Crippen molar-refractivity contribution in [3.8, 4) is 11.4 Å². The Bertz CT molecular complexity index is 1530. The molecule has 0 saturated carbocycles. The van der Waals surface area contributed by atoms with Gasteiger partial charge in [-0.3, -0.25) is 4.79 Å². The molecular formula is C26H29N2NaO6PSi+. The first-order valence-corrected chi connectivity index (χ1v) is 16.1. The van der Waals surface area contributed by atoms with Crippen molar-refractivity contribution in [2.45, 2.75) is 71.0 Å². The second-order valence-corrected chi connectivity index (χ2v) is 17.0. The molecule has 1 unspecified atom stereocenters. The predicted molar refractivity (Wildman–Crippen MR) is 138 cm³/mol. The monoisotopic (exact) mass is 547 g/mol. The van der Waals surface area contributed by atoms with Gasteiger partial charge in [-0.1, -0.05) is 59.0 Å². The topological polar surface area (TPSA) is 111 Å². The number of pyridine rings is 2. The van der Waals surface area contributed by atoms with E-state index in [0.29, 0.717) is 17.9 Å². The Morgan fingerprint density at radius 2 is 1.89 bits per heavy atom. The van der Waals surface area contributed by atoms with E-state index < -0.39 is 27.9 Å². The molecule has 37 heavy (non-hydrogen) atoms. The van der Waals surface area contributed by atoms with Crippen LogP contribution in [0.2, 0.25) is 18.1 Å². The van der Waals surface area contributed by atoms with Gasteiger partial charge in [-0.05, 0) is 44.3 Å². The first-order chi connectivity index (χ1) is 16.8. The molecule has 3 aromatic rings. The minimum absolute atomic E-state index is 0. The summed E-state index contributed by atoms with van der Waals surface area (Å²) in [5.41, 5.74) is 1.40. The molecule has 8 nitrogen and oxygen atoms in total. The molecule has 1 aromatic carbocycles. The summed E-state index contributed by atoms with van der Waals surface area (Å²) in [5.74, 6) is -0.812. The van der Waals surface area contributed by atoms with Crippen LogP contribution >= 0.6 is 8.25 Å². The Hall–Kier alpha value is -1.71. The molecule has 188 valence electrons. The number of fused-ring (bicyclic) bond motifs is 5. The minimum Gasteiger partial charge on any atom is -0.566 e. The van der Waals surface area contributed by atoms with Crippen molar-refractivity contribution in [1.29, 1.82) is 0 Å². The van der Waals surface area contributed by atoms with Gasteiger partial charge >= 0.3 is 43.8 Å². The maximum absolute atomic E-state index is 13.8. The average Bonchev–Trinajstić information content (AvgIpc) is 3.16. The van der Waals surface area contributed by atoms with Crippen LogP contribution in [0.5, 0.6) is 0 Å². The van der Waals surface area contributed by atoms with Gasteiger partial charge in [0.1, 0.15) is 6.61 Å². The van der Waals surface area contributed by atoms with Crippen molar-refractivity contribution >= 4 is 38.4 Å². The third-order valence-corrected chi connectivity index (χ3v) is 14.3. The van der Waals surface area contributed by atoms with Crippen molar-refractivity contribution < 1.29 is 53.1 Å². The zero-order valence-corrected chi connectivity index (χ0v) is 26.2. The van der Waals surface area contributed by atoms with E-state index in [1.165, 1.54) is 5.19 Å². The van der Waals surface area contributed by atoms with Gasteiger partial charge in [-0.25, -0.2) is 9.78 Å². The molecule has 0 aliphatic carbocycles. The number of carbonyl (C=O) groups is 1. The van der Waals surface area contributed by atoms with E-state index in [2.05, 4.69) is 39.9 Å². The standard InChI is InChI=1S/C26H29N2O6PSi.Na/c1-7-26(34-35(31)32)18-12-20-21-16(13-28(20)23(29)17(18)14-33-24(26)30)22(36(5,6)25(2,3)4)15-10-8-9-11-19(15)27-21;/h8-12H,7,13-14H2,1-6H3;/q;+1/t26-;/m0./s1. The van der Waals surface area contributed by atoms with E-state index in [1.54, 1.807) is 17.6 Å². The first-order valence-electron chi connectivity index (χ1n) is 12.0. The molecule has 0 N–H and O–H groups in total. The van der Waals surface area contributed by atoms with E-state index in [0.717, 1.165) is 16.5 Å².